The van der Waals surface area contributed by atoms with Gasteiger partial charge < -0.3 is 0 Å². The minimum Gasteiger partial charge on any atom is -0.297 e. The molecule has 1 unspecified atom stereocenters. The highest BCUT2D eigenvalue weighted by Crippen LogP contribution is 2.28. The Morgan fingerprint density at radius 2 is 1.50 bits per heavy atom. The monoisotopic (exact) mass is 320 g/mol. The van der Waals surface area contributed by atoms with Crippen molar-refractivity contribution in [2.45, 2.75) is 25.4 Å². The summed E-state index contributed by atoms with van der Waals surface area (Å²) in [5.41, 5.74) is 2.35. The third-order valence-electron chi connectivity index (χ3n) is 4.92. The third kappa shape index (κ3) is 2.63. The van der Waals surface area contributed by atoms with Crippen LogP contribution in [0.3, 0.4) is 0 Å². The van der Waals surface area contributed by atoms with Gasteiger partial charge in [-0.3, -0.25) is 19.4 Å². The summed E-state index contributed by atoms with van der Waals surface area (Å²) in [5, 5.41) is 0. The fourth-order valence-electron chi connectivity index (χ4n) is 3.77. The molecular weight excluding hydrogens is 300 g/mol. The van der Waals surface area contributed by atoms with Crippen LogP contribution in [0.5, 0.6) is 0 Å². The minimum atomic E-state index is -0.137. The van der Waals surface area contributed by atoms with E-state index >= 15 is 0 Å². The lowest BCUT2D eigenvalue weighted by Crippen LogP contribution is -2.49. The van der Waals surface area contributed by atoms with Gasteiger partial charge in [0.05, 0.1) is 17.2 Å². The van der Waals surface area contributed by atoms with Crippen LogP contribution in [0, 0.1) is 0 Å². The molecule has 0 aliphatic carbocycles. The van der Waals surface area contributed by atoms with E-state index in [1.54, 1.807) is 12.1 Å². The van der Waals surface area contributed by atoms with Crippen LogP contribution in [0.15, 0.2) is 54.6 Å². The second-order valence-corrected chi connectivity index (χ2v) is 6.54. The van der Waals surface area contributed by atoms with E-state index in [4.69, 9.17) is 0 Å². The molecule has 2 amide bonds. The number of carbonyl (C=O) groups is 2. The molecule has 2 aliphatic rings. The third-order valence-corrected chi connectivity index (χ3v) is 4.92. The number of hydrogen-bond acceptors (Lipinski definition) is 3. The summed E-state index contributed by atoms with van der Waals surface area (Å²) in [6, 6.07) is 17.4. The summed E-state index contributed by atoms with van der Waals surface area (Å²) >= 11 is 0. The van der Waals surface area contributed by atoms with Gasteiger partial charge in [-0.05, 0) is 37.1 Å². The predicted octanol–water partition coefficient (Wildman–Crippen LogP) is 2.95. The average Bonchev–Trinajstić information content (AvgIpc) is 2.87. The lowest BCUT2D eigenvalue weighted by molar-refractivity contribution is 0.0475. The number of imide groups is 1. The van der Waals surface area contributed by atoms with Crippen LogP contribution in [0.25, 0.3) is 0 Å². The van der Waals surface area contributed by atoms with Crippen molar-refractivity contribution < 1.29 is 9.59 Å². The highest BCUT2D eigenvalue weighted by Gasteiger charge is 2.40. The summed E-state index contributed by atoms with van der Waals surface area (Å²) in [5.74, 6) is -0.274. The van der Waals surface area contributed by atoms with Crippen molar-refractivity contribution in [1.29, 1.82) is 0 Å². The van der Waals surface area contributed by atoms with Crippen LogP contribution >= 0.6 is 0 Å². The van der Waals surface area contributed by atoms with Crippen LogP contribution in [-0.2, 0) is 6.54 Å². The normalized spacial score (nSPS) is 21.2. The fourth-order valence-corrected chi connectivity index (χ4v) is 3.77. The van der Waals surface area contributed by atoms with E-state index in [1.807, 2.05) is 30.3 Å². The van der Waals surface area contributed by atoms with E-state index in [1.165, 1.54) is 10.5 Å². The minimum absolute atomic E-state index is 0.0325. The van der Waals surface area contributed by atoms with Gasteiger partial charge in [0.1, 0.15) is 0 Å². The molecular formula is C20H20N2O2. The largest absolute Gasteiger partial charge is 0.297 e. The lowest BCUT2D eigenvalue weighted by atomic mass is 10.0. The van der Waals surface area contributed by atoms with Crippen molar-refractivity contribution in [2.75, 3.05) is 13.1 Å². The lowest BCUT2D eigenvalue weighted by Gasteiger charge is -2.36. The summed E-state index contributed by atoms with van der Waals surface area (Å²) < 4.78 is 0. The molecule has 0 saturated carbocycles. The van der Waals surface area contributed by atoms with E-state index in [-0.39, 0.29) is 17.9 Å². The van der Waals surface area contributed by atoms with E-state index in [0.717, 1.165) is 32.5 Å². The molecule has 0 aromatic heterocycles. The Hall–Kier alpha value is -2.46. The summed E-state index contributed by atoms with van der Waals surface area (Å²) in [7, 11) is 0. The van der Waals surface area contributed by atoms with Crippen molar-refractivity contribution in [2.24, 2.45) is 0 Å². The first-order chi connectivity index (χ1) is 11.7. The quantitative estimate of drug-likeness (QED) is 0.817. The zero-order valence-corrected chi connectivity index (χ0v) is 13.5. The Bertz CT molecular complexity index is 737. The molecule has 1 saturated heterocycles. The number of likely N-dealkylation sites (tertiary alicyclic amines) is 1. The second kappa shape index (κ2) is 6.21. The van der Waals surface area contributed by atoms with Gasteiger partial charge in [0.25, 0.3) is 11.8 Å². The molecule has 4 rings (SSSR count). The van der Waals surface area contributed by atoms with Gasteiger partial charge in [-0.2, -0.15) is 0 Å². The van der Waals surface area contributed by atoms with Crippen LogP contribution in [0.1, 0.15) is 39.1 Å². The number of hydrogen-bond donors (Lipinski definition) is 0. The smallest absolute Gasteiger partial charge is 0.261 e. The van der Waals surface area contributed by atoms with Gasteiger partial charge in [0, 0.05) is 13.1 Å². The molecule has 0 radical (unpaired) electrons. The van der Waals surface area contributed by atoms with Crippen LogP contribution < -0.4 is 0 Å². The maximum atomic E-state index is 12.7. The molecule has 2 heterocycles. The fraction of sp³-hybridized carbons (Fsp3) is 0.300. The number of fused-ring (bicyclic) bond motifs is 1. The molecule has 24 heavy (non-hydrogen) atoms. The zero-order valence-electron chi connectivity index (χ0n) is 13.5. The van der Waals surface area contributed by atoms with Crippen molar-refractivity contribution in [3.05, 3.63) is 71.3 Å². The molecule has 1 atom stereocenters. The van der Waals surface area contributed by atoms with Crippen molar-refractivity contribution >= 4 is 11.8 Å². The Balaban J connectivity index is 1.51. The molecule has 4 nitrogen and oxygen atoms in total. The van der Waals surface area contributed by atoms with Crippen LogP contribution in [0.2, 0.25) is 0 Å². The van der Waals surface area contributed by atoms with Crippen molar-refractivity contribution in [1.82, 2.24) is 9.80 Å². The maximum Gasteiger partial charge on any atom is 0.261 e. The van der Waals surface area contributed by atoms with E-state index in [9.17, 15) is 9.59 Å². The first-order valence-corrected chi connectivity index (χ1v) is 8.47. The second-order valence-electron chi connectivity index (χ2n) is 6.54. The highest BCUT2D eigenvalue weighted by molar-refractivity contribution is 6.21. The maximum absolute atomic E-state index is 12.7. The van der Waals surface area contributed by atoms with Gasteiger partial charge in [-0.25, -0.2) is 0 Å². The number of rotatable bonds is 3. The molecule has 2 aromatic rings. The Morgan fingerprint density at radius 1 is 0.875 bits per heavy atom. The summed E-state index contributed by atoms with van der Waals surface area (Å²) in [6.07, 6.45) is 1.89. The van der Waals surface area contributed by atoms with Gasteiger partial charge >= 0.3 is 0 Å². The zero-order chi connectivity index (χ0) is 16.5. The standard InChI is InChI=1S/C20H20N2O2/c23-19-17-10-4-5-11-18(17)20(24)22(19)16-9-6-12-21(14-16)13-15-7-2-1-3-8-15/h1-5,7-8,10-11,16H,6,9,12-14H2. The molecule has 122 valence electrons. The molecule has 1 fully saturated rings. The topological polar surface area (TPSA) is 40.6 Å². The molecule has 0 spiro atoms. The van der Waals surface area contributed by atoms with E-state index < -0.39 is 0 Å². The first kappa shape index (κ1) is 15.1. The summed E-state index contributed by atoms with van der Waals surface area (Å²) in [4.78, 5) is 29.1. The van der Waals surface area contributed by atoms with E-state index in [0.29, 0.717) is 11.1 Å². The van der Waals surface area contributed by atoms with Crippen molar-refractivity contribution in [3.63, 3.8) is 0 Å². The van der Waals surface area contributed by atoms with Crippen LogP contribution in [-0.4, -0.2) is 40.7 Å². The number of nitrogens with zero attached hydrogens (tertiary/aromatic N) is 2. The predicted molar refractivity (Wildman–Crippen MR) is 91.7 cm³/mol. The van der Waals surface area contributed by atoms with Crippen LogP contribution in [0.4, 0.5) is 0 Å². The number of piperidine rings is 1. The van der Waals surface area contributed by atoms with Gasteiger partial charge in [-0.15, -0.1) is 0 Å². The first-order valence-electron chi connectivity index (χ1n) is 8.47. The Labute approximate surface area is 141 Å². The molecule has 4 heteroatoms. The highest BCUT2D eigenvalue weighted by atomic mass is 16.2. The van der Waals surface area contributed by atoms with Gasteiger partial charge in [-0.1, -0.05) is 42.5 Å². The number of amides is 2. The van der Waals surface area contributed by atoms with Gasteiger partial charge in [0.15, 0.2) is 0 Å². The number of benzene rings is 2. The van der Waals surface area contributed by atoms with Gasteiger partial charge in [0.2, 0.25) is 0 Å². The SMILES string of the molecule is O=C1c2ccccc2C(=O)N1C1CCCN(Cc2ccccc2)C1. The molecule has 2 aliphatic heterocycles. The Morgan fingerprint density at radius 3 is 2.17 bits per heavy atom. The van der Waals surface area contributed by atoms with Crippen molar-refractivity contribution in [3.8, 4) is 0 Å². The Kier molecular flexibility index (Phi) is 3.90. The number of carbonyl (C=O) groups excluding carboxylic acids is 2. The summed E-state index contributed by atoms with van der Waals surface area (Å²) in [6.45, 7) is 2.62. The van der Waals surface area contributed by atoms with E-state index in [2.05, 4.69) is 17.0 Å². The molecule has 0 bridgehead atoms. The average molecular weight is 320 g/mol. The molecule has 2 aromatic carbocycles. The molecule has 0 N–H and O–H groups in total.